The summed E-state index contributed by atoms with van der Waals surface area (Å²) >= 11 is 9.68. The molecule has 0 saturated carbocycles. The Labute approximate surface area is 248 Å². The van der Waals surface area contributed by atoms with Gasteiger partial charge in [0.1, 0.15) is 17.5 Å². The molecule has 3 aromatic heterocycles. The highest BCUT2D eigenvalue weighted by molar-refractivity contribution is 7.82. The van der Waals surface area contributed by atoms with Crippen LogP contribution in [0.5, 0.6) is 0 Å². The number of carbonyl (C=O) groups excluding carboxylic acids is 1. The molecule has 1 aromatic carbocycles. The highest BCUT2D eigenvalue weighted by Gasteiger charge is 2.34. The molecule has 12 nitrogen and oxygen atoms in total. The lowest BCUT2D eigenvalue weighted by Crippen LogP contribution is -2.43. The second-order valence-electron chi connectivity index (χ2n) is 9.18. The molecule has 1 saturated heterocycles. The van der Waals surface area contributed by atoms with Crippen molar-refractivity contribution >= 4 is 71.0 Å². The predicted molar refractivity (Wildman–Crippen MR) is 158 cm³/mol. The third-order valence-corrected chi connectivity index (χ3v) is 6.81. The Hall–Kier alpha value is -4.28. The normalized spacial score (nSPS) is 13.5. The van der Waals surface area contributed by atoms with Gasteiger partial charge in [0.25, 0.3) is 0 Å². The second kappa shape index (κ2) is 12.3. The largest absolute Gasteiger partial charge is 0.417 e. The van der Waals surface area contributed by atoms with Crippen LogP contribution in [0.25, 0.3) is 0 Å². The maximum atomic E-state index is 13.2. The Morgan fingerprint density at radius 3 is 2.57 bits per heavy atom. The number of aryl methyl sites for hydroxylation is 1. The van der Waals surface area contributed by atoms with Crippen LogP contribution in [0.4, 0.5) is 58.6 Å². The number of halogens is 4. The van der Waals surface area contributed by atoms with Gasteiger partial charge in [0.15, 0.2) is 5.82 Å². The summed E-state index contributed by atoms with van der Waals surface area (Å²) in [5.41, 5.74) is 0.0334. The van der Waals surface area contributed by atoms with Crippen molar-refractivity contribution in [2.24, 2.45) is 0 Å². The fourth-order valence-corrected chi connectivity index (χ4v) is 4.47. The molecule has 0 atom stereocenters. The zero-order chi connectivity index (χ0) is 29.9. The summed E-state index contributed by atoms with van der Waals surface area (Å²) in [5, 5.41) is 18.9. The van der Waals surface area contributed by atoms with E-state index in [0.29, 0.717) is 29.0 Å². The predicted octanol–water partition coefficient (Wildman–Crippen LogP) is 5.36. The lowest BCUT2D eigenvalue weighted by molar-refractivity contribution is -0.137. The van der Waals surface area contributed by atoms with E-state index in [1.54, 1.807) is 12.1 Å². The SMILES string of the molecule is Cc1cc(Nc2cc(N3CCNCC3)n[nH]2)nc(Nc2ccc(NC(=O)N(S)c3ccc(Cl)c(C(F)(F)F)c3)nc2)n1. The van der Waals surface area contributed by atoms with E-state index in [1.807, 2.05) is 13.0 Å². The van der Waals surface area contributed by atoms with Gasteiger partial charge in [0.05, 0.1) is 28.2 Å². The number of nitrogens with zero attached hydrogens (tertiary/aromatic N) is 6. The monoisotopic (exact) mass is 619 g/mol. The van der Waals surface area contributed by atoms with Crippen molar-refractivity contribution in [1.82, 2.24) is 30.5 Å². The summed E-state index contributed by atoms with van der Waals surface area (Å²) in [7, 11) is 0. The van der Waals surface area contributed by atoms with Gasteiger partial charge in [-0.1, -0.05) is 24.4 Å². The molecule has 4 aromatic rings. The number of anilines is 7. The van der Waals surface area contributed by atoms with Gasteiger partial charge in [-0.15, -0.1) is 0 Å². The van der Waals surface area contributed by atoms with Gasteiger partial charge < -0.3 is 20.9 Å². The summed E-state index contributed by atoms with van der Waals surface area (Å²) in [5.74, 6) is 2.52. The highest BCUT2D eigenvalue weighted by atomic mass is 35.5. The number of amides is 2. The molecule has 0 unspecified atom stereocenters. The Morgan fingerprint density at radius 2 is 1.86 bits per heavy atom. The highest BCUT2D eigenvalue weighted by Crippen LogP contribution is 2.37. The molecule has 5 rings (SSSR count). The smallest absolute Gasteiger partial charge is 0.353 e. The lowest BCUT2D eigenvalue weighted by atomic mass is 10.2. The van der Waals surface area contributed by atoms with Gasteiger partial charge in [-0.3, -0.25) is 10.4 Å². The van der Waals surface area contributed by atoms with Crippen LogP contribution < -0.4 is 30.5 Å². The number of pyridine rings is 1. The van der Waals surface area contributed by atoms with Crippen molar-refractivity contribution in [3.63, 3.8) is 0 Å². The lowest BCUT2D eigenvalue weighted by Gasteiger charge is -2.26. The minimum Gasteiger partial charge on any atom is -0.353 e. The van der Waals surface area contributed by atoms with E-state index in [1.165, 1.54) is 18.3 Å². The molecular weight excluding hydrogens is 595 g/mol. The maximum Gasteiger partial charge on any atom is 0.417 e. The number of nitrogens with one attached hydrogen (secondary N) is 5. The van der Waals surface area contributed by atoms with E-state index >= 15 is 0 Å². The summed E-state index contributed by atoms with van der Waals surface area (Å²) in [6, 6.07) is 9.04. The topological polar surface area (TPSA) is 139 Å². The fourth-order valence-electron chi connectivity index (χ4n) is 4.07. The number of urea groups is 1. The van der Waals surface area contributed by atoms with E-state index in [4.69, 9.17) is 11.6 Å². The van der Waals surface area contributed by atoms with Crippen LogP contribution in [0, 0.1) is 6.92 Å². The minimum atomic E-state index is -4.69. The molecule has 0 aliphatic carbocycles. The maximum absolute atomic E-state index is 13.2. The first-order chi connectivity index (χ1) is 20.0. The second-order valence-corrected chi connectivity index (χ2v) is 9.99. The summed E-state index contributed by atoms with van der Waals surface area (Å²) in [4.78, 5) is 27.8. The van der Waals surface area contributed by atoms with Crippen molar-refractivity contribution in [3.8, 4) is 0 Å². The molecule has 2 amide bonds. The zero-order valence-electron chi connectivity index (χ0n) is 22.0. The van der Waals surface area contributed by atoms with Crippen molar-refractivity contribution in [2.45, 2.75) is 13.1 Å². The van der Waals surface area contributed by atoms with E-state index < -0.39 is 22.8 Å². The van der Waals surface area contributed by atoms with Gasteiger partial charge in [-0.2, -0.15) is 23.3 Å². The van der Waals surface area contributed by atoms with E-state index in [9.17, 15) is 18.0 Å². The third kappa shape index (κ3) is 7.13. The third-order valence-electron chi connectivity index (χ3n) is 6.07. The number of carbonyl (C=O) groups is 1. The molecule has 1 aliphatic rings. The van der Waals surface area contributed by atoms with E-state index in [-0.39, 0.29) is 11.5 Å². The van der Waals surface area contributed by atoms with Crippen LogP contribution in [0.2, 0.25) is 5.02 Å². The van der Waals surface area contributed by atoms with Crippen molar-refractivity contribution in [2.75, 3.05) is 51.3 Å². The summed E-state index contributed by atoms with van der Waals surface area (Å²) < 4.78 is 40.3. The van der Waals surface area contributed by atoms with Crippen LogP contribution in [0.1, 0.15) is 11.3 Å². The first-order valence-corrected chi connectivity index (χ1v) is 13.4. The van der Waals surface area contributed by atoms with Crippen LogP contribution >= 0.6 is 24.4 Å². The minimum absolute atomic E-state index is 0.123. The Kier molecular flexibility index (Phi) is 8.56. The molecule has 4 heterocycles. The zero-order valence-corrected chi connectivity index (χ0v) is 23.6. The van der Waals surface area contributed by atoms with Gasteiger partial charge in [-0.05, 0) is 37.3 Å². The van der Waals surface area contributed by atoms with Crippen LogP contribution in [0.3, 0.4) is 0 Å². The van der Waals surface area contributed by atoms with Crippen molar-refractivity contribution in [3.05, 3.63) is 64.9 Å². The molecule has 220 valence electrons. The number of benzene rings is 1. The van der Waals surface area contributed by atoms with Crippen LogP contribution in [0.15, 0.2) is 48.7 Å². The van der Waals surface area contributed by atoms with Gasteiger partial charge >= 0.3 is 12.2 Å². The molecule has 0 spiro atoms. The molecule has 5 N–H and O–H groups in total. The number of piperazine rings is 1. The number of hydrogen-bond acceptors (Lipinski definition) is 10. The number of H-pyrrole nitrogens is 1. The van der Waals surface area contributed by atoms with Crippen molar-refractivity contribution < 1.29 is 18.0 Å². The molecule has 1 fully saturated rings. The number of aromatic amines is 1. The van der Waals surface area contributed by atoms with E-state index in [0.717, 1.165) is 48.4 Å². The summed E-state index contributed by atoms with van der Waals surface area (Å²) in [6.07, 6.45) is -3.25. The average Bonchev–Trinajstić information content (AvgIpc) is 3.42. The average molecular weight is 620 g/mol. The summed E-state index contributed by atoms with van der Waals surface area (Å²) in [6.45, 7) is 5.39. The van der Waals surface area contributed by atoms with Gasteiger partial charge in [-0.25, -0.2) is 19.1 Å². The molecule has 42 heavy (non-hydrogen) atoms. The Morgan fingerprint density at radius 1 is 1.07 bits per heavy atom. The quantitative estimate of drug-likeness (QED) is 0.151. The Balaban J connectivity index is 1.21. The van der Waals surface area contributed by atoms with E-state index in [2.05, 4.69) is 64.1 Å². The molecule has 0 radical (unpaired) electrons. The Bertz CT molecular complexity index is 1560. The van der Waals surface area contributed by atoms with Crippen molar-refractivity contribution in [1.29, 1.82) is 0 Å². The number of aromatic nitrogens is 5. The number of rotatable bonds is 7. The fraction of sp³-hybridized carbons (Fsp3) is 0.240. The number of thiol groups is 1. The number of alkyl halides is 3. The van der Waals surface area contributed by atoms with Gasteiger partial charge in [0.2, 0.25) is 5.95 Å². The number of hydrogen-bond donors (Lipinski definition) is 6. The first kappa shape index (κ1) is 29.2. The molecule has 0 bridgehead atoms. The molecule has 17 heteroatoms. The first-order valence-electron chi connectivity index (χ1n) is 12.6. The molecular formula is C25H25ClF3N11OS. The van der Waals surface area contributed by atoms with Crippen LogP contribution in [-0.2, 0) is 6.18 Å². The van der Waals surface area contributed by atoms with Crippen LogP contribution in [-0.4, -0.2) is 57.4 Å². The molecule has 1 aliphatic heterocycles. The van der Waals surface area contributed by atoms with Gasteiger partial charge in [0, 0.05) is 44.0 Å². The standard InChI is InChI=1S/C25H25ClF3N11OS/c1-14-10-20(34-21-12-22(38-37-21)39-8-6-30-7-9-39)35-23(32-14)33-15-2-5-19(31-13-15)36-24(41)40(42)16-3-4-18(26)17(11-16)25(27,28)29/h2-5,10-13,30,42H,6-9H2,1H3,(H,31,36,41)(H3,32,33,34,35,37,38).